The van der Waals surface area contributed by atoms with Gasteiger partial charge in [-0.3, -0.25) is 0 Å². The summed E-state index contributed by atoms with van der Waals surface area (Å²) < 4.78 is 0. The average Bonchev–Trinajstić information content (AvgIpc) is 3.11. The van der Waals surface area contributed by atoms with Crippen LogP contribution in [0.2, 0.25) is 0 Å². The monoisotopic (exact) mass is 236 g/mol. The van der Waals surface area contributed by atoms with Crippen molar-refractivity contribution in [2.75, 3.05) is 19.7 Å². The number of aliphatic hydroxyl groups excluding tert-OH is 1. The fraction of sp³-hybridized carbons (Fsp3) is 0.929. The number of hydrogen-bond acceptors (Lipinski definition) is 3. The van der Waals surface area contributed by atoms with Crippen LogP contribution in [-0.2, 0) is 0 Å². The normalized spacial score (nSPS) is 25.2. The van der Waals surface area contributed by atoms with Crippen molar-refractivity contribution in [3.8, 4) is 6.07 Å². The maximum atomic E-state index is 9.60. The lowest BCUT2D eigenvalue weighted by atomic mass is 9.74. The van der Waals surface area contributed by atoms with Crippen molar-refractivity contribution in [1.82, 2.24) is 5.32 Å². The van der Waals surface area contributed by atoms with Gasteiger partial charge in [0.05, 0.1) is 6.07 Å². The molecular weight excluding hydrogens is 212 g/mol. The summed E-state index contributed by atoms with van der Waals surface area (Å²) in [6.07, 6.45) is 9.21. The van der Waals surface area contributed by atoms with Crippen LogP contribution in [0.3, 0.4) is 0 Å². The molecule has 0 aromatic heterocycles. The van der Waals surface area contributed by atoms with Gasteiger partial charge in [0.15, 0.2) is 0 Å². The van der Waals surface area contributed by atoms with E-state index in [0.717, 1.165) is 25.9 Å². The molecule has 2 rings (SSSR count). The summed E-state index contributed by atoms with van der Waals surface area (Å²) in [5, 5.41) is 21.9. The van der Waals surface area contributed by atoms with Gasteiger partial charge in [0.2, 0.25) is 0 Å². The summed E-state index contributed by atoms with van der Waals surface area (Å²) in [6, 6.07) is 2.29. The number of nitriles is 1. The minimum absolute atomic E-state index is 0.126. The van der Waals surface area contributed by atoms with Crippen LogP contribution >= 0.6 is 0 Å². The molecule has 0 heterocycles. The van der Waals surface area contributed by atoms with Gasteiger partial charge in [-0.2, -0.15) is 5.26 Å². The minimum Gasteiger partial charge on any atom is -0.396 e. The zero-order valence-corrected chi connectivity index (χ0v) is 10.7. The van der Waals surface area contributed by atoms with Gasteiger partial charge in [-0.05, 0) is 31.1 Å². The summed E-state index contributed by atoms with van der Waals surface area (Å²) in [6.45, 7) is 2.20. The van der Waals surface area contributed by atoms with Gasteiger partial charge < -0.3 is 10.4 Å². The highest BCUT2D eigenvalue weighted by Gasteiger charge is 2.42. The van der Waals surface area contributed by atoms with Gasteiger partial charge in [-0.15, -0.1) is 0 Å². The van der Waals surface area contributed by atoms with Gasteiger partial charge in [-0.1, -0.05) is 19.3 Å². The number of hydrogen-bond donors (Lipinski definition) is 2. The Bertz CT molecular complexity index is 285. The van der Waals surface area contributed by atoms with Crippen LogP contribution in [0.4, 0.5) is 0 Å². The van der Waals surface area contributed by atoms with Gasteiger partial charge >= 0.3 is 0 Å². The predicted molar refractivity (Wildman–Crippen MR) is 67.4 cm³/mol. The van der Waals surface area contributed by atoms with Crippen molar-refractivity contribution in [1.29, 1.82) is 5.26 Å². The molecule has 96 valence electrons. The summed E-state index contributed by atoms with van der Waals surface area (Å²) >= 11 is 0. The van der Waals surface area contributed by atoms with E-state index in [0.29, 0.717) is 13.0 Å². The number of rotatable bonds is 6. The Labute approximate surface area is 104 Å². The molecule has 2 aliphatic rings. The van der Waals surface area contributed by atoms with E-state index in [-0.39, 0.29) is 10.8 Å². The molecule has 0 bridgehead atoms. The first-order valence-corrected chi connectivity index (χ1v) is 6.93. The molecule has 2 fully saturated rings. The van der Waals surface area contributed by atoms with Gasteiger partial charge in [0, 0.05) is 31.5 Å². The van der Waals surface area contributed by atoms with Crippen LogP contribution in [0, 0.1) is 22.2 Å². The quantitative estimate of drug-likeness (QED) is 0.743. The minimum atomic E-state index is 0.126. The molecule has 0 aromatic carbocycles. The molecule has 3 nitrogen and oxygen atoms in total. The van der Waals surface area contributed by atoms with Gasteiger partial charge in [0.1, 0.15) is 0 Å². The van der Waals surface area contributed by atoms with Crippen LogP contribution in [0.25, 0.3) is 0 Å². The lowest BCUT2D eigenvalue weighted by Crippen LogP contribution is -2.40. The third-order valence-electron chi connectivity index (χ3n) is 4.66. The molecule has 2 aliphatic carbocycles. The Morgan fingerprint density at radius 2 is 1.65 bits per heavy atom. The van der Waals surface area contributed by atoms with Crippen LogP contribution in [0.1, 0.15) is 51.4 Å². The zero-order valence-electron chi connectivity index (χ0n) is 10.7. The topological polar surface area (TPSA) is 56.0 Å². The van der Waals surface area contributed by atoms with E-state index in [1.54, 1.807) is 0 Å². The maximum Gasteiger partial charge on any atom is 0.0628 e. The van der Waals surface area contributed by atoms with Crippen molar-refractivity contribution in [2.24, 2.45) is 10.8 Å². The molecule has 17 heavy (non-hydrogen) atoms. The van der Waals surface area contributed by atoms with Crippen LogP contribution < -0.4 is 5.32 Å². The first-order chi connectivity index (χ1) is 8.24. The fourth-order valence-corrected chi connectivity index (χ4v) is 3.05. The van der Waals surface area contributed by atoms with E-state index >= 15 is 0 Å². The Kier molecular flexibility index (Phi) is 4.06. The smallest absolute Gasteiger partial charge is 0.0628 e. The summed E-state index contributed by atoms with van der Waals surface area (Å²) in [5.41, 5.74) is 0.404. The van der Waals surface area contributed by atoms with Crippen molar-refractivity contribution in [3.63, 3.8) is 0 Å². The largest absolute Gasteiger partial charge is 0.396 e. The van der Waals surface area contributed by atoms with E-state index < -0.39 is 0 Å². The van der Waals surface area contributed by atoms with E-state index in [1.165, 1.54) is 32.1 Å². The molecule has 0 unspecified atom stereocenters. The second-order valence-electron chi connectivity index (χ2n) is 6.16. The van der Waals surface area contributed by atoms with E-state index in [2.05, 4.69) is 11.4 Å². The lowest BCUT2D eigenvalue weighted by Gasteiger charge is -2.36. The first-order valence-electron chi connectivity index (χ1n) is 6.93. The second kappa shape index (κ2) is 5.37. The molecule has 3 heteroatoms. The van der Waals surface area contributed by atoms with Crippen LogP contribution in [0.5, 0.6) is 0 Å². The van der Waals surface area contributed by atoms with Crippen LogP contribution in [0.15, 0.2) is 0 Å². The van der Waals surface area contributed by atoms with E-state index in [4.69, 9.17) is 5.26 Å². The van der Waals surface area contributed by atoms with Crippen molar-refractivity contribution in [3.05, 3.63) is 0 Å². The molecule has 0 aromatic rings. The van der Waals surface area contributed by atoms with E-state index in [1.807, 2.05) is 0 Å². The highest BCUT2D eigenvalue weighted by Crippen LogP contribution is 2.48. The molecule has 0 atom stereocenters. The summed E-state index contributed by atoms with van der Waals surface area (Å²) in [5.74, 6) is 0. The molecule has 0 radical (unpaired) electrons. The van der Waals surface area contributed by atoms with Crippen LogP contribution in [-0.4, -0.2) is 24.8 Å². The Balaban J connectivity index is 1.75. The predicted octanol–water partition coefficient (Wildman–Crippen LogP) is 2.21. The Morgan fingerprint density at radius 1 is 1.00 bits per heavy atom. The molecule has 2 saturated carbocycles. The molecule has 0 amide bonds. The van der Waals surface area contributed by atoms with Gasteiger partial charge in [-0.25, -0.2) is 0 Å². The van der Waals surface area contributed by atoms with Gasteiger partial charge in [0.25, 0.3) is 0 Å². The number of aliphatic hydroxyl groups is 1. The zero-order chi connectivity index (χ0) is 12.2. The molecule has 0 spiro atoms. The average molecular weight is 236 g/mol. The SMILES string of the molecule is N#CCC1(CNCC2(CO)CCCCC2)CC1. The Morgan fingerprint density at radius 3 is 2.18 bits per heavy atom. The highest BCUT2D eigenvalue weighted by atomic mass is 16.3. The number of nitrogens with zero attached hydrogens (tertiary/aromatic N) is 1. The van der Waals surface area contributed by atoms with Crippen molar-refractivity contribution >= 4 is 0 Å². The molecule has 2 N–H and O–H groups in total. The van der Waals surface area contributed by atoms with Crippen molar-refractivity contribution < 1.29 is 5.11 Å². The van der Waals surface area contributed by atoms with Crippen molar-refractivity contribution in [2.45, 2.75) is 51.4 Å². The first kappa shape index (κ1) is 12.9. The lowest BCUT2D eigenvalue weighted by molar-refractivity contribution is 0.0800. The standard InChI is InChI=1S/C14H24N2O/c15-9-8-13(6-7-13)10-16-11-14(12-17)4-2-1-3-5-14/h16-17H,1-8,10-12H2. The Hall–Kier alpha value is -0.590. The number of nitrogens with one attached hydrogen (secondary N) is 1. The third kappa shape index (κ3) is 3.20. The van der Waals surface area contributed by atoms with E-state index in [9.17, 15) is 5.11 Å². The molecule has 0 saturated heterocycles. The third-order valence-corrected chi connectivity index (χ3v) is 4.66. The summed E-state index contributed by atoms with van der Waals surface area (Å²) in [4.78, 5) is 0. The summed E-state index contributed by atoms with van der Waals surface area (Å²) in [7, 11) is 0. The molecular formula is C14H24N2O. The maximum absolute atomic E-state index is 9.60. The highest BCUT2D eigenvalue weighted by molar-refractivity contribution is 5.01. The molecule has 0 aliphatic heterocycles. The fourth-order valence-electron chi connectivity index (χ4n) is 3.05. The second-order valence-corrected chi connectivity index (χ2v) is 6.16.